The van der Waals surface area contributed by atoms with E-state index in [1.165, 1.54) is 17.7 Å². The zero-order chi connectivity index (χ0) is 17.9. The van der Waals surface area contributed by atoms with Gasteiger partial charge in [0.25, 0.3) is 5.69 Å². The van der Waals surface area contributed by atoms with Gasteiger partial charge in [0.1, 0.15) is 0 Å². The van der Waals surface area contributed by atoms with Crippen molar-refractivity contribution in [1.82, 2.24) is 4.90 Å². The van der Waals surface area contributed by atoms with Gasteiger partial charge < -0.3 is 10.0 Å². The Bertz CT molecular complexity index is 720. The molecule has 0 saturated carbocycles. The topological polar surface area (TPSA) is 69.8 Å². The highest BCUT2D eigenvalue weighted by atomic mass is 16.6. The fraction of sp³-hybridized carbons (Fsp3) is 0.368. The zero-order valence-electron chi connectivity index (χ0n) is 14.3. The highest BCUT2D eigenvalue weighted by Crippen LogP contribution is 2.26. The maximum Gasteiger partial charge on any atom is 0.269 e. The minimum absolute atomic E-state index is 0.0748. The van der Waals surface area contributed by atoms with Crippen LogP contribution in [-0.4, -0.2) is 47.2 Å². The molecule has 1 fully saturated rings. The molecule has 2 aromatic rings. The Balaban J connectivity index is 1.59. The Morgan fingerprint density at radius 3 is 2.52 bits per heavy atom. The molecule has 1 aliphatic heterocycles. The normalized spacial score (nSPS) is 20.6. The first-order chi connectivity index (χ1) is 12.0. The van der Waals surface area contributed by atoms with Crippen molar-refractivity contribution in [3.05, 3.63) is 70.3 Å². The van der Waals surface area contributed by atoms with E-state index in [1.807, 2.05) is 30.1 Å². The summed E-state index contributed by atoms with van der Waals surface area (Å²) in [5.41, 5.74) is 1.41. The SMILES string of the molecule is CN(CC1(O)CCN(Cc2ccccc2)C1)c1ccc([N+](=O)[O-])cc1. The van der Waals surface area contributed by atoms with E-state index in [4.69, 9.17) is 0 Å². The molecule has 1 heterocycles. The molecule has 25 heavy (non-hydrogen) atoms. The van der Waals surface area contributed by atoms with Gasteiger partial charge in [0, 0.05) is 51.0 Å². The number of nitrogens with zero attached hydrogens (tertiary/aromatic N) is 3. The summed E-state index contributed by atoms with van der Waals surface area (Å²) in [7, 11) is 1.90. The number of benzene rings is 2. The summed E-state index contributed by atoms with van der Waals surface area (Å²) >= 11 is 0. The fourth-order valence-electron chi connectivity index (χ4n) is 3.41. The minimum atomic E-state index is -0.773. The van der Waals surface area contributed by atoms with Gasteiger partial charge in [0.15, 0.2) is 0 Å². The van der Waals surface area contributed by atoms with E-state index in [0.29, 0.717) is 13.1 Å². The average Bonchev–Trinajstić information content (AvgIpc) is 2.96. The molecule has 2 aromatic carbocycles. The van der Waals surface area contributed by atoms with E-state index >= 15 is 0 Å². The number of anilines is 1. The summed E-state index contributed by atoms with van der Waals surface area (Å²) < 4.78 is 0. The van der Waals surface area contributed by atoms with Crippen molar-refractivity contribution in [3.63, 3.8) is 0 Å². The third-order valence-electron chi connectivity index (χ3n) is 4.69. The van der Waals surface area contributed by atoms with Crippen LogP contribution in [0, 0.1) is 10.1 Å². The molecule has 0 aromatic heterocycles. The smallest absolute Gasteiger partial charge is 0.269 e. The number of likely N-dealkylation sites (tertiary alicyclic amines) is 1. The van der Waals surface area contributed by atoms with Crippen LogP contribution in [0.1, 0.15) is 12.0 Å². The van der Waals surface area contributed by atoms with Crippen molar-refractivity contribution >= 4 is 11.4 Å². The third kappa shape index (κ3) is 4.35. The second-order valence-electron chi connectivity index (χ2n) is 6.80. The van der Waals surface area contributed by atoms with Gasteiger partial charge >= 0.3 is 0 Å². The van der Waals surface area contributed by atoms with Crippen LogP contribution < -0.4 is 4.90 Å². The van der Waals surface area contributed by atoms with E-state index in [2.05, 4.69) is 17.0 Å². The van der Waals surface area contributed by atoms with Gasteiger partial charge in [0.05, 0.1) is 10.5 Å². The van der Waals surface area contributed by atoms with E-state index in [1.54, 1.807) is 12.1 Å². The zero-order valence-corrected chi connectivity index (χ0v) is 14.3. The minimum Gasteiger partial charge on any atom is -0.387 e. The summed E-state index contributed by atoms with van der Waals surface area (Å²) in [5.74, 6) is 0. The number of hydrogen-bond donors (Lipinski definition) is 1. The Labute approximate surface area is 147 Å². The number of nitro benzene ring substituents is 1. The molecule has 6 nitrogen and oxygen atoms in total. The van der Waals surface area contributed by atoms with Crippen LogP contribution >= 0.6 is 0 Å². The number of aliphatic hydroxyl groups is 1. The van der Waals surface area contributed by atoms with Gasteiger partial charge in [-0.2, -0.15) is 0 Å². The molecule has 0 bridgehead atoms. The molecule has 1 N–H and O–H groups in total. The van der Waals surface area contributed by atoms with Crippen molar-refractivity contribution in [2.45, 2.75) is 18.6 Å². The number of likely N-dealkylation sites (N-methyl/N-ethyl adjacent to an activating group) is 1. The summed E-state index contributed by atoms with van der Waals surface area (Å²) in [6.45, 7) is 2.82. The largest absolute Gasteiger partial charge is 0.387 e. The summed E-state index contributed by atoms with van der Waals surface area (Å²) in [5, 5.41) is 21.7. The first-order valence-electron chi connectivity index (χ1n) is 8.39. The van der Waals surface area contributed by atoms with Gasteiger partial charge in [-0.3, -0.25) is 15.0 Å². The summed E-state index contributed by atoms with van der Waals surface area (Å²) in [6.07, 6.45) is 0.719. The van der Waals surface area contributed by atoms with Gasteiger partial charge in [-0.1, -0.05) is 30.3 Å². The molecular formula is C19H23N3O3. The molecule has 1 atom stereocenters. The number of rotatable bonds is 6. The van der Waals surface area contributed by atoms with Gasteiger partial charge in [-0.15, -0.1) is 0 Å². The summed E-state index contributed by atoms with van der Waals surface area (Å²) in [6, 6.07) is 16.7. The van der Waals surface area contributed by atoms with Crippen molar-refractivity contribution in [1.29, 1.82) is 0 Å². The van der Waals surface area contributed by atoms with Crippen molar-refractivity contribution in [2.24, 2.45) is 0 Å². The monoisotopic (exact) mass is 341 g/mol. The second-order valence-corrected chi connectivity index (χ2v) is 6.80. The molecule has 132 valence electrons. The maximum absolute atomic E-state index is 10.9. The summed E-state index contributed by atoms with van der Waals surface area (Å²) in [4.78, 5) is 14.6. The number of hydrogen-bond acceptors (Lipinski definition) is 5. The Hall–Kier alpha value is -2.44. The quantitative estimate of drug-likeness (QED) is 0.646. The molecule has 0 spiro atoms. The molecule has 1 unspecified atom stereocenters. The predicted octanol–water partition coefficient (Wildman–Crippen LogP) is 2.67. The molecule has 3 rings (SSSR count). The van der Waals surface area contributed by atoms with Crippen LogP contribution in [0.15, 0.2) is 54.6 Å². The molecule has 6 heteroatoms. The lowest BCUT2D eigenvalue weighted by Gasteiger charge is -2.30. The van der Waals surface area contributed by atoms with Crippen LogP contribution in [0.5, 0.6) is 0 Å². The van der Waals surface area contributed by atoms with Crippen molar-refractivity contribution < 1.29 is 10.0 Å². The number of nitro groups is 1. The van der Waals surface area contributed by atoms with Crippen LogP contribution in [-0.2, 0) is 6.54 Å². The van der Waals surface area contributed by atoms with Crippen molar-refractivity contribution in [3.8, 4) is 0 Å². The first kappa shape index (κ1) is 17.4. The van der Waals surface area contributed by atoms with Crippen molar-refractivity contribution in [2.75, 3.05) is 31.6 Å². The van der Waals surface area contributed by atoms with Crippen LogP contribution in [0.4, 0.5) is 11.4 Å². The van der Waals surface area contributed by atoms with Crippen LogP contribution in [0.2, 0.25) is 0 Å². The Morgan fingerprint density at radius 1 is 1.20 bits per heavy atom. The fourth-order valence-corrected chi connectivity index (χ4v) is 3.41. The Kier molecular flexibility index (Phi) is 5.01. The highest BCUT2D eigenvalue weighted by molar-refractivity contribution is 5.50. The predicted molar refractivity (Wildman–Crippen MR) is 97.7 cm³/mol. The third-order valence-corrected chi connectivity index (χ3v) is 4.69. The lowest BCUT2D eigenvalue weighted by Crippen LogP contribution is -2.43. The number of β-amino-alcohol motifs (C(OH)–C–C–N with tert-alkyl or cyclic N) is 1. The highest BCUT2D eigenvalue weighted by Gasteiger charge is 2.37. The second kappa shape index (κ2) is 7.21. The van der Waals surface area contributed by atoms with Gasteiger partial charge in [-0.05, 0) is 24.1 Å². The molecule has 0 radical (unpaired) electrons. The van der Waals surface area contributed by atoms with E-state index in [-0.39, 0.29) is 5.69 Å². The number of non-ortho nitro benzene ring substituents is 1. The van der Waals surface area contributed by atoms with Crippen LogP contribution in [0.3, 0.4) is 0 Å². The van der Waals surface area contributed by atoms with E-state index < -0.39 is 10.5 Å². The maximum atomic E-state index is 10.9. The Morgan fingerprint density at radius 2 is 1.88 bits per heavy atom. The molecule has 0 aliphatic carbocycles. The van der Waals surface area contributed by atoms with Crippen LogP contribution in [0.25, 0.3) is 0 Å². The first-order valence-corrected chi connectivity index (χ1v) is 8.39. The van der Waals surface area contributed by atoms with Gasteiger partial charge in [0.2, 0.25) is 0 Å². The van der Waals surface area contributed by atoms with Gasteiger partial charge in [-0.25, -0.2) is 0 Å². The lowest BCUT2D eigenvalue weighted by molar-refractivity contribution is -0.384. The standard InChI is InChI=1S/C19H23N3O3/c1-20(17-7-9-18(10-8-17)22(24)25)14-19(23)11-12-21(15-19)13-16-5-3-2-4-6-16/h2-10,23H,11-15H2,1H3. The average molecular weight is 341 g/mol. The molecular weight excluding hydrogens is 318 g/mol. The molecule has 0 amide bonds. The van der Waals surface area contributed by atoms with E-state index in [9.17, 15) is 15.2 Å². The molecule has 1 saturated heterocycles. The lowest BCUT2D eigenvalue weighted by atomic mass is 10.0. The van der Waals surface area contributed by atoms with E-state index in [0.717, 1.165) is 25.2 Å². The molecule has 1 aliphatic rings.